The predicted molar refractivity (Wildman–Crippen MR) is 84.9 cm³/mol. The molecule has 0 N–H and O–H groups in total. The van der Waals surface area contributed by atoms with Crippen LogP contribution in [0.25, 0.3) is 11.0 Å². The largest absolute Gasteiger partial charge is 0.460 e. The third-order valence-electron chi connectivity index (χ3n) is 3.92. The van der Waals surface area contributed by atoms with Gasteiger partial charge in [0.15, 0.2) is 5.78 Å². The average molecular weight is 278 g/mol. The van der Waals surface area contributed by atoms with Gasteiger partial charge in [0.05, 0.1) is 5.56 Å². The summed E-state index contributed by atoms with van der Waals surface area (Å²) in [6.45, 7) is 5.97. The SMILES string of the molecule is CCc1oc2ccccc2c1C(=O)c1c(C)cccc1C. The van der Waals surface area contributed by atoms with Crippen LogP contribution in [0.4, 0.5) is 0 Å². The minimum Gasteiger partial charge on any atom is -0.460 e. The molecule has 0 saturated carbocycles. The fraction of sp³-hybridized carbons (Fsp3) is 0.211. The number of ketones is 1. The molecule has 21 heavy (non-hydrogen) atoms. The van der Waals surface area contributed by atoms with Gasteiger partial charge in [-0.05, 0) is 31.0 Å². The van der Waals surface area contributed by atoms with Gasteiger partial charge in [-0.2, -0.15) is 0 Å². The summed E-state index contributed by atoms with van der Waals surface area (Å²) in [6, 6.07) is 13.7. The third-order valence-corrected chi connectivity index (χ3v) is 3.92. The Morgan fingerprint density at radius 1 is 0.952 bits per heavy atom. The molecule has 1 heterocycles. The van der Waals surface area contributed by atoms with Gasteiger partial charge >= 0.3 is 0 Å². The summed E-state index contributed by atoms with van der Waals surface area (Å²) >= 11 is 0. The van der Waals surface area contributed by atoms with Crippen molar-refractivity contribution in [1.82, 2.24) is 0 Å². The van der Waals surface area contributed by atoms with Crippen molar-refractivity contribution in [3.8, 4) is 0 Å². The highest BCUT2D eigenvalue weighted by Crippen LogP contribution is 2.30. The molecule has 0 aliphatic rings. The van der Waals surface area contributed by atoms with Crippen molar-refractivity contribution in [1.29, 1.82) is 0 Å². The second-order valence-corrected chi connectivity index (χ2v) is 5.35. The van der Waals surface area contributed by atoms with E-state index in [1.54, 1.807) is 0 Å². The van der Waals surface area contributed by atoms with Crippen molar-refractivity contribution in [3.63, 3.8) is 0 Å². The number of furan rings is 1. The Labute approximate surface area is 124 Å². The summed E-state index contributed by atoms with van der Waals surface area (Å²) in [5, 5.41) is 0.905. The highest BCUT2D eigenvalue weighted by Gasteiger charge is 2.23. The fourth-order valence-corrected chi connectivity index (χ4v) is 2.89. The van der Waals surface area contributed by atoms with Gasteiger partial charge in [-0.3, -0.25) is 4.79 Å². The number of benzene rings is 2. The van der Waals surface area contributed by atoms with Crippen molar-refractivity contribution < 1.29 is 9.21 Å². The lowest BCUT2D eigenvalue weighted by Gasteiger charge is -2.08. The van der Waals surface area contributed by atoms with E-state index in [0.29, 0.717) is 12.0 Å². The summed E-state index contributed by atoms with van der Waals surface area (Å²) in [5.41, 5.74) is 4.30. The zero-order valence-electron chi connectivity index (χ0n) is 12.6. The first-order valence-corrected chi connectivity index (χ1v) is 7.24. The molecule has 0 saturated heterocycles. The first-order chi connectivity index (χ1) is 10.1. The maximum absolute atomic E-state index is 13.1. The van der Waals surface area contributed by atoms with Crippen LogP contribution in [0.15, 0.2) is 46.9 Å². The number of carbonyl (C=O) groups is 1. The van der Waals surface area contributed by atoms with Crippen LogP contribution in [0.5, 0.6) is 0 Å². The van der Waals surface area contributed by atoms with Crippen LogP contribution in [-0.2, 0) is 6.42 Å². The minimum absolute atomic E-state index is 0.0624. The zero-order chi connectivity index (χ0) is 15.0. The molecule has 1 aromatic heterocycles. The summed E-state index contributed by atoms with van der Waals surface area (Å²) in [4.78, 5) is 13.1. The molecule has 2 heteroatoms. The number of rotatable bonds is 3. The minimum atomic E-state index is 0.0624. The van der Waals surface area contributed by atoms with Gasteiger partial charge in [0.25, 0.3) is 0 Å². The topological polar surface area (TPSA) is 30.2 Å². The first-order valence-electron chi connectivity index (χ1n) is 7.24. The maximum atomic E-state index is 13.1. The standard InChI is InChI=1S/C19H18O2/c1-4-15-18(14-10-5-6-11-16(14)21-15)19(20)17-12(2)8-7-9-13(17)3/h5-11H,4H2,1-3H3. The van der Waals surface area contributed by atoms with E-state index in [9.17, 15) is 4.79 Å². The Balaban J connectivity index is 2.27. The van der Waals surface area contributed by atoms with E-state index in [1.165, 1.54) is 0 Å². The summed E-state index contributed by atoms with van der Waals surface area (Å²) in [6.07, 6.45) is 0.709. The quantitative estimate of drug-likeness (QED) is 0.641. The Hall–Kier alpha value is -2.35. The van der Waals surface area contributed by atoms with E-state index < -0.39 is 0 Å². The van der Waals surface area contributed by atoms with E-state index >= 15 is 0 Å². The van der Waals surface area contributed by atoms with Crippen molar-refractivity contribution in [3.05, 3.63) is 70.5 Å². The average Bonchev–Trinajstić information content (AvgIpc) is 2.85. The van der Waals surface area contributed by atoms with Gasteiger partial charge < -0.3 is 4.42 Å². The van der Waals surface area contributed by atoms with Crippen molar-refractivity contribution in [2.75, 3.05) is 0 Å². The monoisotopic (exact) mass is 278 g/mol. The lowest BCUT2D eigenvalue weighted by molar-refractivity contribution is 0.103. The molecule has 0 amide bonds. The molecule has 3 aromatic rings. The van der Waals surface area contributed by atoms with Gasteiger partial charge in [0, 0.05) is 17.4 Å². The number of fused-ring (bicyclic) bond motifs is 1. The summed E-state index contributed by atoms with van der Waals surface area (Å²) < 4.78 is 5.85. The van der Waals surface area contributed by atoms with Crippen LogP contribution in [-0.4, -0.2) is 5.78 Å². The lowest BCUT2D eigenvalue weighted by atomic mass is 9.93. The molecule has 0 atom stereocenters. The highest BCUT2D eigenvalue weighted by atomic mass is 16.3. The third kappa shape index (κ3) is 2.17. The number of aryl methyl sites for hydroxylation is 3. The van der Waals surface area contributed by atoms with Gasteiger partial charge in [0.2, 0.25) is 0 Å². The smallest absolute Gasteiger partial charge is 0.197 e. The summed E-state index contributed by atoms with van der Waals surface area (Å²) in [7, 11) is 0. The molecular weight excluding hydrogens is 260 g/mol. The fourth-order valence-electron chi connectivity index (χ4n) is 2.89. The molecule has 106 valence electrons. The Morgan fingerprint density at radius 2 is 1.62 bits per heavy atom. The maximum Gasteiger partial charge on any atom is 0.197 e. The number of hydrogen-bond acceptors (Lipinski definition) is 2. The molecule has 0 spiro atoms. The Kier molecular flexibility index (Phi) is 3.38. The number of hydrogen-bond donors (Lipinski definition) is 0. The van der Waals surface area contributed by atoms with Crippen LogP contribution in [0.1, 0.15) is 39.7 Å². The van der Waals surface area contributed by atoms with Crippen molar-refractivity contribution >= 4 is 16.8 Å². The van der Waals surface area contributed by atoms with Crippen LogP contribution < -0.4 is 0 Å². The first kappa shape index (κ1) is 13.6. The summed E-state index contributed by atoms with van der Waals surface area (Å²) in [5.74, 6) is 0.830. The number of para-hydroxylation sites is 1. The molecule has 2 aromatic carbocycles. The lowest BCUT2D eigenvalue weighted by Crippen LogP contribution is -2.07. The van der Waals surface area contributed by atoms with Crippen LogP contribution in [0, 0.1) is 13.8 Å². The Bertz CT molecular complexity index is 804. The predicted octanol–water partition coefficient (Wildman–Crippen LogP) is 4.84. The van der Waals surface area contributed by atoms with Crippen molar-refractivity contribution in [2.45, 2.75) is 27.2 Å². The second kappa shape index (κ2) is 5.21. The van der Waals surface area contributed by atoms with Gasteiger partial charge in [-0.1, -0.05) is 43.3 Å². The molecule has 0 fully saturated rings. The van der Waals surface area contributed by atoms with E-state index in [-0.39, 0.29) is 5.78 Å². The van der Waals surface area contributed by atoms with Crippen LogP contribution >= 0.6 is 0 Å². The van der Waals surface area contributed by atoms with E-state index in [0.717, 1.165) is 33.4 Å². The van der Waals surface area contributed by atoms with E-state index in [4.69, 9.17) is 4.42 Å². The van der Waals surface area contributed by atoms with E-state index in [2.05, 4.69) is 0 Å². The normalized spacial score (nSPS) is 11.0. The van der Waals surface area contributed by atoms with Gasteiger partial charge in [-0.25, -0.2) is 0 Å². The van der Waals surface area contributed by atoms with Crippen LogP contribution in [0.2, 0.25) is 0 Å². The van der Waals surface area contributed by atoms with Gasteiger partial charge in [-0.15, -0.1) is 0 Å². The molecular formula is C19H18O2. The van der Waals surface area contributed by atoms with Crippen molar-refractivity contribution in [2.24, 2.45) is 0 Å². The zero-order valence-corrected chi connectivity index (χ0v) is 12.6. The molecule has 2 nitrogen and oxygen atoms in total. The molecule has 0 unspecified atom stereocenters. The number of carbonyl (C=O) groups excluding carboxylic acids is 1. The van der Waals surface area contributed by atoms with Gasteiger partial charge in [0.1, 0.15) is 11.3 Å². The molecule has 0 bridgehead atoms. The Morgan fingerprint density at radius 3 is 2.29 bits per heavy atom. The highest BCUT2D eigenvalue weighted by molar-refractivity contribution is 6.18. The molecule has 0 aliphatic carbocycles. The van der Waals surface area contributed by atoms with E-state index in [1.807, 2.05) is 63.2 Å². The molecule has 0 aliphatic heterocycles. The van der Waals surface area contributed by atoms with Crippen LogP contribution in [0.3, 0.4) is 0 Å². The molecule has 3 rings (SSSR count). The second-order valence-electron chi connectivity index (χ2n) is 5.35. The molecule has 0 radical (unpaired) electrons.